The molecule has 2 aromatic rings. The molecule has 1 heterocycles. The standard InChI is InChI=1S/C14H19ClN2OS2/c1-3-17(4-2)5-6-18-10-7-11(19)14-12(8-10)20-13(9-15)16-14/h7-8,19H,3-6,9H2,1-2H3. The van der Waals surface area contributed by atoms with E-state index in [1.54, 1.807) is 11.3 Å². The van der Waals surface area contributed by atoms with E-state index in [-0.39, 0.29) is 0 Å². The molecule has 110 valence electrons. The van der Waals surface area contributed by atoms with Crippen molar-refractivity contribution < 1.29 is 4.74 Å². The Morgan fingerprint density at radius 3 is 2.75 bits per heavy atom. The van der Waals surface area contributed by atoms with E-state index in [0.717, 1.165) is 45.5 Å². The molecule has 0 atom stereocenters. The maximum Gasteiger partial charge on any atom is 0.122 e. The minimum atomic E-state index is 0.435. The van der Waals surface area contributed by atoms with Crippen molar-refractivity contribution in [2.45, 2.75) is 24.6 Å². The highest BCUT2D eigenvalue weighted by atomic mass is 35.5. The minimum Gasteiger partial charge on any atom is -0.492 e. The van der Waals surface area contributed by atoms with Gasteiger partial charge in [0.1, 0.15) is 17.4 Å². The van der Waals surface area contributed by atoms with E-state index in [1.807, 2.05) is 12.1 Å². The first-order chi connectivity index (χ1) is 9.67. The number of alkyl halides is 1. The summed E-state index contributed by atoms with van der Waals surface area (Å²) in [7, 11) is 0. The second-order valence-corrected chi connectivity index (χ2v) is 6.27. The third-order valence-corrected chi connectivity index (χ3v) is 4.93. The lowest BCUT2D eigenvalue weighted by Gasteiger charge is -2.18. The lowest BCUT2D eigenvalue weighted by molar-refractivity contribution is 0.223. The van der Waals surface area contributed by atoms with Gasteiger partial charge in [0.25, 0.3) is 0 Å². The van der Waals surface area contributed by atoms with Crippen molar-refractivity contribution in [1.29, 1.82) is 0 Å². The van der Waals surface area contributed by atoms with Gasteiger partial charge in [0.15, 0.2) is 0 Å². The van der Waals surface area contributed by atoms with Crippen LogP contribution in [0.3, 0.4) is 0 Å². The molecule has 0 radical (unpaired) electrons. The minimum absolute atomic E-state index is 0.435. The molecule has 0 aliphatic heterocycles. The van der Waals surface area contributed by atoms with E-state index < -0.39 is 0 Å². The molecule has 0 amide bonds. The van der Waals surface area contributed by atoms with E-state index in [1.165, 1.54) is 0 Å². The van der Waals surface area contributed by atoms with Crippen LogP contribution in [0.5, 0.6) is 5.75 Å². The largest absolute Gasteiger partial charge is 0.492 e. The molecule has 0 aliphatic carbocycles. The monoisotopic (exact) mass is 330 g/mol. The molecule has 20 heavy (non-hydrogen) atoms. The lowest BCUT2D eigenvalue weighted by Crippen LogP contribution is -2.27. The fraction of sp³-hybridized carbons (Fsp3) is 0.500. The summed E-state index contributed by atoms with van der Waals surface area (Å²) in [6.45, 7) is 8.03. The third-order valence-electron chi connectivity index (χ3n) is 3.18. The number of aromatic nitrogens is 1. The van der Waals surface area contributed by atoms with Crippen LogP contribution >= 0.6 is 35.6 Å². The number of benzene rings is 1. The molecule has 6 heteroatoms. The highest BCUT2D eigenvalue weighted by Crippen LogP contribution is 2.32. The molecule has 0 bridgehead atoms. The van der Waals surface area contributed by atoms with E-state index in [4.69, 9.17) is 16.3 Å². The molecule has 0 saturated heterocycles. The Balaban J connectivity index is 2.07. The molecule has 0 aliphatic rings. The van der Waals surface area contributed by atoms with E-state index >= 15 is 0 Å². The van der Waals surface area contributed by atoms with Crippen LogP contribution in [0.1, 0.15) is 18.9 Å². The summed E-state index contributed by atoms with van der Waals surface area (Å²) in [6, 6.07) is 3.94. The number of thiazole rings is 1. The van der Waals surface area contributed by atoms with Crippen molar-refractivity contribution in [2.75, 3.05) is 26.2 Å². The first-order valence-electron chi connectivity index (χ1n) is 6.71. The Labute approximate surface area is 134 Å². The molecule has 1 aromatic carbocycles. The van der Waals surface area contributed by atoms with Gasteiger partial charge in [-0.05, 0) is 25.2 Å². The zero-order valence-electron chi connectivity index (χ0n) is 11.7. The van der Waals surface area contributed by atoms with Gasteiger partial charge < -0.3 is 9.64 Å². The molecule has 1 aromatic heterocycles. The number of ether oxygens (including phenoxy) is 1. The zero-order chi connectivity index (χ0) is 14.5. The summed E-state index contributed by atoms with van der Waals surface area (Å²) in [5.41, 5.74) is 0.907. The van der Waals surface area contributed by atoms with Gasteiger partial charge in [0.05, 0.1) is 16.1 Å². The van der Waals surface area contributed by atoms with Gasteiger partial charge in [-0.25, -0.2) is 4.98 Å². The Kier molecular flexibility index (Phi) is 5.96. The number of thiol groups is 1. The number of hydrogen-bond acceptors (Lipinski definition) is 5. The van der Waals surface area contributed by atoms with Crippen molar-refractivity contribution >= 4 is 45.8 Å². The van der Waals surface area contributed by atoms with Gasteiger partial charge in [-0.15, -0.1) is 35.6 Å². The lowest BCUT2D eigenvalue weighted by atomic mass is 10.3. The van der Waals surface area contributed by atoms with Crippen LogP contribution in [0, 0.1) is 0 Å². The zero-order valence-corrected chi connectivity index (χ0v) is 14.2. The van der Waals surface area contributed by atoms with Crippen molar-refractivity contribution in [3.05, 3.63) is 17.1 Å². The summed E-state index contributed by atoms with van der Waals surface area (Å²) in [4.78, 5) is 7.63. The van der Waals surface area contributed by atoms with E-state index in [9.17, 15) is 0 Å². The summed E-state index contributed by atoms with van der Waals surface area (Å²) in [6.07, 6.45) is 0. The Hall–Kier alpha value is -0.490. The van der Waals surface area contributed by atoms with Gasteiger partial charge in [-0.1, -0.05) is 13.8 Å². The molecule has 0 unspecified atom stereocenters. The first kappa shape index (κ1) is 15.9. The summed E-state index contributed by atoms with van der Waals surface area (Å²) < 4.78 is 6.90. The average molecular weight is 331 g/mol. The quantitative estimate of drug-likeness (QED) is 0.612. The van der Waals surface area contributed by atoms with Gasteiger partial charge in [0, 0.05) is 11.4 Å². The van der Waals surface area contributed by atoms with Gasteiger partial charge in [0.2, 0.25) is 0 Å². The Bertz CT molecular complexity index is 570. The molecule has 2 rings (SSSR count). The van der Waals surface area contributed by atoms with Gasteiger partial charge in [-0.2, -0.15) is 0 Å². The number of fused-ring (bicyclic) bond motifs is 1. The van der Waals surface area contributed by atoms with Gasteiger partial charge >= 0.3 is 0 Å². The van der Waals surface area contributed by atoms with Crippen molar-refractivity contribution in [1.82, 2.24) is 9.88 Å². The van der Waals surface area contributed by atoms with Crippen LogP contribution in [0.15, 0.2) is 17.0 Å². The molecule has 0 spiro atoms. The van der Waals surface area contributed by atoms with E-state index in [2.05, 4.69) is 36.4 Å². The first-order valence-corrected chi connectivity index (χ1v) is 8.51. The van der Waals surface area contributed by atoms with Crippen molar-refractivity contribution in [3.63, 3.8) is 0 Å². The van der Waals surface area contributed by atoms with Crippen molar-refractivity contribution in [2.24, 2.45) is 0 Å². The number of likely N-dealkylation sites (N-methyl/N-ethyl adjacent to an activating group) is 1. The summed E-state index contributed by atoms with van der Waals surface area (Å²) in [5, 5.41) is 0.914. The SMILES string of the molecule is CCN(CC)CCOc1cc(S)c2nc(CCl)sc2c1. The topological polar surface area (TPSA) is 25.4 Å². The van der Waals surface area contributed by atoms with Crippen LogP contribution in [-0.2, 0) is 5.88 Å². The average Bonchev–Trinajstić information content (AvgIpc) is 2.87. The van der Waals surface area contributed by atoms with Crippen LogP contribution in [0.25, 0.3) is 10.2 Å². The maximum atomic E-state index is 5.83. The Morgan fingerprint density at radius 2 is 2.10 bits per heavy atom. The van der Waals surface area contributed by atoms with E-state index in [0.29, 0.717) is 12.5 Å². The van der Waals surface area contributed by atoms with Crippen LogP contribution in [0.4, 0.5) is 0 Å². The van der Waals surface area contributed by atoms with Crippen LogP contribution in [-0.4, -0.2) is 36.1 Å². The van der Waals surface area contributed by atoms with Gasteiger partial charge in [-0.3, -0.25) is 0 Å². The smallest absolute Gasteiger partial charge is 0.122 e. The van der Waals surface area contributed by atoms with Crippen LogP contribution in [0.2, 0.25) is 0 Å². The fourth-order valence-electron chi connectivity index (χ4n) is 2.01. The Morgan fingerprint density at radius 1 is 1.35 bits per heavy atom. The predicted octanol–water partition coefficient (Wildman–Crippen LogP) is 4.04. The third kappa shape index (κ3) is 3.79. The second-order valence-electron chi connectivity index (χ2n) is 4.41. The van der Waals surface area contributed by atoms with Crippen molar-refractivity contribution in [3.8, 4) is 5.75 Å². The molecule has 0 saturated carbocycles. The predicted molar refractivity (Wildman–Crippen MR) is 89.7 cm³/mol. The molecule has 0 N–H and O–H groups in total. The highest BCUT2D eigenvalue weighted by Gasteiger charge is 2.09. The molecular weight excluding hydrogens is 312 g/mol. The van der Waals surface area contributed by atoms with Crippen LogP contribution < -0.4 is 4.74 Å². The normalized spacial score (nSPS) is 11.4. The summed E-state index contributed by atoms with van der Waals surface area (Å²) in [5.74, 6) is 1.28. The number of hydrogen-bond donors (Lipinski definition) is 1. The number of halogens is 1. The highest BCUT2D eigenvalue weighted by molar-refractivity contribution is 7.80. The number of nitrogens with zero attached hydrogens (tertiary/aromatic N) is 2. The summed E-state index contributed by atoms with van der Waals surface area (Å²) >= 11 is 11.9. The fourth-order valence-corrected chi connectivity index (χ4v) is 3.48. The second kappa shape index (κ2) is 7.50. The maximum absolute atomic E-state index is 5.83. The molecule has 0 fully saturated rings. The number of rotatable bonds is 7. The molecular formula is C14H19ClN2OS2. The molecule has 3 nitrogen and oxygen atoms in total.